The molecule has 2 saturated carbocycles. The highest BCUT2D eigenvalue weighted by Gasteiger charge is 2.51. The molecule has 0 unspecified atom stereocenters. The van der Waals surface area contributed by atoms with E-state index < -0.39 is 23.8 Å². The molecule has 138 valence electrons. The summed E-state index contributed by atoms with van der Waals surface area (Å²) < 4.78 is 5.17. The number of carboxylic acids is 1. The first-order chi connectivity index (χ1) is 12.5. The van der Waals surface area contributed by atoms with Crippen LogP contribution in [-0.2, 0) is 14.3 Å². The van der Waals surface area contributed by atoms with Crippen molar-refractivity contribution in [3.8, 4) is 0 Å². The number of allylic oxidation sites excluding steroid dienone is 2. The molecule has 3 aliphatic carbocycles. The van der Waals surface area contributed by atoms with E-state index in [0.717, 1.165) is 18.4 Å². The van der Waals surface area contributed by atoms with Crippen LogP contribution < -0.4 is 5.32 Å². The summed E-state index contributed by atoms with van der Waals surface area (Å²) >= 11 is 1.32. The van der Waals surface area contributed by atoms with Crippen LogP contribution in [0.15, 0.2) is 17.5 Å². The Bertz CT molecular complexity index is 794. The number of aliphatic carboxylic acids is 1. The van der Waals surface area contributed by atoms with Gasteiger partial charge in [0.05, 0.1) is 24.0 Å². The number of ether oxygens (including phenoxy) is 1. The zero-order valence-electron chi connectivity index (χ0n) is 14.4. The molecule has 0 aromatic carbocycles. The highest BCUT2D eigenvalue weighted by molar-refractivity contribution is 7.15. The number of hydrogen-bond acceptors (Lipinski definition) is 5. The Morgan fingerprint density at radius 3 is 2.54 bits per heavy atom. The van der Waals surface area contributed by atoms with Crippen molar-refractivity contribution >= 4 is 34.2 Å². The van der Waals surface area contributed by atoms with Crippen molar-refractivity contribution in [1.29, 1.82) is 0 Å². The summed E-state index contributed by atoms with van der Waals surface area (Å²) in [5.74, 6) is -2.73. The maximum atomic E-state index is 12.9. The molecule has 0 radical (unpaired) electrons. The number of esters is 1. The smallest absolute Gasteiger partial charge is 0.341 e. The topological polar surface area (TPSA) is 92.7 Å². The zero-order chi connectivity index (χ0) is 18.4. The molecule has 2 fully saturated rings. The Balaban J connectivity index is 1.59. The van der Waals surface area contributed by atoms with Crippen LogP contribution in [0.1, 0.15) is 48.0 Å². The van der Waals surface area contributed by atoms with Gasteiger partial charge in [0.25, 0.3) is 0 Å². The highest BCUT2D eigenvalue weighted by Crippen LogP contribution is 2.49. The summed E-state index contributed by atoms with van der Waals surface area (Å²) in [6, 6.07) is 0. The highest BCUT2D eigenvalue weighted by atomic mass is 32.1. The molecule has 4 atom stereocenters. The molecule has 6 nitrogen and oxygen atoms in total. The molecule has 1 aromatic heterocycles. The normalized spacial score (nSPS) is 29.0. The van der Waals surface area contributed by atoms with Crippen molar-refractivity contribution < 1.29 is 24.2 Å². The van der Waals surface area contributed by atoms with Gasteiger partial charge in [-0.1, -0.05) is 12.2 Å². The first-order valence-electron chi connectivity index (χ1n) is 9.01. The first kappa shape index (κ1) is 17.3. The summed E-state index contributed by atoms with van der Waals surface area (Å²) in [4.78, 5) is 36.9. The number of fused-ring (bicyclic) bond motifs is 2. The van der Waals surface area contributed by atoms with Gasteiger partial charge in [-0.25, -0.2) is 4.79 Å². The Morgan fingerprint density at radius 2 is 1.92 bits per heavy atom. The summed E-state index contributed by atoms with van der Waals surface area (Å²) in [7, 11) is 0. The standard InChI is InChI=1S/C19H21NO5S/c1-2-25-19(24)15-12(9-3-4-9)8-26-17(15)20-16(21)13-10-5-6-11(7-10)14(13)18(22)23/h5-6,8-11,13-14H,2-4,7H2,1H3,(H,20,21)(H,22,23)/t10-,11-,13-,14+/m0/s1. The summed E-state index contributed by atoms with van der Waals surface area (Å²) in [6.07, 6.45) is 6.64. The summed E-state index contributed by atoms with van der Waals surface area (Å²) in [6.45, 7) is 2.02. The van der Waals surface area contributed by atoms with Crippen molar-refractivity contribution in [2.75, 3.05) is 11.9 Å². The minimum Gasteiger partial charge on any atom is -0.481 e. The van der Waals surface area contributed by atoms with Crippen molar-refractivity contribution in [1.82, 2.24) is 0 Å². The second-order valence-electron chi connectivity index (χ2n) is 7.22. The maximum Gasteiger partial charge on any atom is 0.341 e. The number of carboxylic acid groups (broad SMARTS) is 1. The fraction of sp³-hybridized carbons (Fsp3) is 0.526. The Morgan fingerprint density at radius 1 is 1.23 bits per heavy atom. The van der Waals surface area contributed by atoms with Gasteiger partial charge in [0.15, 0.2) is 0 Å². The minimum atomic E-state index is -0.933. The number of hydrogen-bond donors (Lipinski definition) is 2. The Labute approximate surface area is 155 Å². The van der Waals surface area contributed by atoms with E-state index in [9.17, 15) is 19.5 Å². The van der Waals surface area contributed by atoms with Crippen molar-refractivity contribution in [2.24, 2.45) is 23.7 Å². The lowest BCUT2D eigenvalue weighted by molar-refractivity contribution is -0.146. The molecule has 2 N–H and O–H groups in total. The van der Waals surface area contributed by atoms with Gasteiger partial charge in [0.1, 0.15) is 5.00 Å². The molecule has 1 aromatic rings. The maximum absolute atomic E-state index is 12.9. The van der Waals surface area contributed by atoms with Gasteiger partial charge in [-0.15, -0.1) is 11.3 Å². The number of rotatable bonds is 6. The van der Waals surface area contributed by atoms with Gasteiger partial charge < -0.3 is 15.2 Å². The minimum absolute atomic E-state index is 0.0463. The lowest BCUT2D eigenvalue weighted by Gasteiger charge is -2.23. The molecule has 1 amide bonds. The number of nitrogens with one attached hydrogen (secondary N) is 1. The average molecular weight is 375 g/mol. The molecule has 0 spiro atoms. The van der Waals surface area contributed by atoms with E-state index in [1.54, 1.807) is 6.92 Å². The van der Waals surface area contributed by atoms with E-state index in [4.69, 9.17) is 4.74 Å². The molecular formula is C19H21NO5S. The van der Waals surface area contributed by atoms with Crippen LogP contribution >= 0.6 is 11.3 Å². The van der Waals surface area contributed by atoms with Crippen LogP contribution in [0.2, 0.25) is 0 Å². The third-order valence-corrected chi connectivity index (χ3v) is 6.51. The largest absolute Gasteiger partial charge is 0.481 e. The van der Waals surface area contributed by atoms with Crippen LogP contribution in [0.5, 0.6) is 0 Å². The predicted octanol–water partition coefficient (Wildman–Crippen LogP) is 3.26. The molecule has 4 rings (SSSR count). The van der Waals surface area contributed by atoms with Gasteiger partial charge in [0.2, 0.25) is 5.91 Å². The van der Waals surface area contributed by atoms with E-state index in [-0.39, 0.29) is 24.3 Å². The third kappa shape index (κ3) is 2.84. The summed E-state index contributed by atoms with van der Waals surface area (Å²) in [5, 5.41) is 14.8. The van der Waals surface area contributed by atoms with Crippen LogP contribution in [0.4, 0.5) is 5.00 Å². The molecule has 26 heavy (non-hydrogen) atoms. The molecule has 3 aliphatic rings. The van der Waals surface area contributed by atoms with Gasteiger partial charge in [-0.3, -0.25) is 9.59 Å². The molecule has 0 saturated heterocycles. The second kappa shape index (κ2) is 6.54. The monoisotopic (exact) mass is 375 g/mol. The van der Waals surface area contributed by atoms with E-state index in [0.29, 0.717) is 22.9 Å². The SMILES string of the molecule is CCOC(=O)c1c(C2CC2)csc1NC(=O)[C@@H]1[C@H](C(=O)O)[C@H]2C=C[C@H]1C2. The van der Waals surface area contributed by atoms with Crippen LogP contribution in [0.3, 0.4) is 0 Å². The van der Waals surface area contributed by atoms with Crippen molar-refractivity contribution in [3.63, 3.8) is 0 Å². The second-order valence-corrected chi connectivity index (χ2v) is 8.10. The molecule has 0 aliphatic heterocycles. The van der Waals surface area contributed by atoms with Gasteiger partial charge >= 0.3 is 11.9 Å². The van der Waals surface area contributed by atoms with E-state index in [1.807, 2.05) is 17.5 Å². The average Bonchev–Trinajstić information content (AvgIpc) is 3.04. The van der Waals surface area contributed by atoms with E-state index >= 15 is 0 Å². The zero-order valence-corrected chi connectivity index (χ0v) is 15.3. The van der Waals surface area contributed by atoms with E-state index in [1.165, 1.54) is 11.3 Å². The Kier molecular flexibility index (Phi) is 4.34. The van der Waals surface area contributed by atoms with Crippen LogP contribution in [0.25, 0.3) is 0 Å². The van der Waals surface area contributed by atoms with E-state index in [2.05, 4.69) is 5.32 Å². The number of carbonyl (C=O) groups is 3. The summed E-state index contributed by atoms with van der Waals surface area (Å²) in [5.41, 5.74) is 1.38. The fourth-order valence-electron chi connectivity index (χ4n) is 4.28. The molecule has 2 bridgehead atoms. The Hall–Kier alpha value is -2.15. The number of thiophene rings is 1. The molecule has 1 heterocycles. The first-order valence-corrected chi connectivity index (χ1v) is 9.89. The lowest BCUT2D eigenvalue weighted by Crippen LogP contribution is -2.36. The van der Waals surface area contributed by atoms with Crippen LogP contribution in [0, 0.1) is 23.7 Å². The lowest BCUT2D eigenvalue weighted by atomic mass is 9.82. The van der Waals surface area contributed by atoms with Crippen LogP contribution in [-0.4, -0.2) is 29.6 Å². The van der Waals surface area contributed by atoms with Crippen molar-refractivity contribution in [3.05, 3.63) is 28.7 Å². The number of carbonyl (C=O) groups excluding carboxylic acids is 2. The van der Waals surface area contributed by atoms with Crippen molar-refractivity contribution in [2.45, 2.75) is 32.1 Å². The number of amides is 1. The quantitative estimate of drug-likeness (QED) is 0.588. The van der Waals surface area contributed by atoms with Gasteiger partial charge in [0, 0.05) is 0 Å². The fourth-order valence-corrected chi connectivity index (χ4v) is 5.32. The number of anilines is 1. The van der Waals surface area contributed by atoms with Gasteiger partial charge in [-0.2, -0.15) is 0 Å². The molecular weight excluding hydrogens is 354 g/mol. The van der Waals surface area contributed by atoms with Gasteiger partial charge in [-0.05, 0) is 54.9 Å². The predicted molar refractivity (Wildman–Crippen MR) is 96.2 cm³/mol. The molecule has 7 heteroatoms. The third-order valence-electron chi connectivity index (χ3n) is 5.60.